The number of benzene rings is 1. The molecule has 33 heavy (non-hydrogen) atoms. The molecule has 3 heteroatoms. The van der Waals surface area contributed by atoms with Crippen LogP contribution in [0.1, 0.15) is 97.3 Å². The quantitative estimate of drug-likeness (QED) is 0.479. The van der Waals surface area contributed by atoms with Crippen molar-refractivity contribution in [3.63, 3.8) is 0 Å². The van der Waals surface area contributed by atoms with E-state index in [1.165, 1.54) is 48.9 Å². The molecule has 0 amide bonds. The predicted octanol–water partition coefficient (Wildman–Crippen LogP) is 7.13. The molecule has 0 bridgehead atoms. The topological polar surface area (TPSA) is 38.5 Å². The van der Waals surface area contributed by atoms with Crippen molar-refractivity contribution in [2.24, 2.45) is 22.7 Å². The van der Waals surface area contributed by atoms with Crippen LogP contribution in [0.4, 0.5) is 5.69 Å². The van der Waals surface area contributed by atoms with Crippen LogP contribution in [0, 0.1) is 36.5 Å². The van der Waals surface area contributed by atoms with Crippen LogP contribution in [0.2, 0.25) is 0 Å². The van der Waals surface area contributed by atoms with Gasteiger partial charge in [-0.3, -0.25) is 4.90 Å². The number of aryl methyl sites for hydroxylation is 1. The van der Waals surface area contributed by atoms with Gasteiger partial charge in [0, 0.05) is 37.3 Å². The van der Waals surface area contributed by atoms with Crippen LogP contribution in [0.15, 0.2) is 12.1 Å². The molecule has 1 aliphatic heterocycles. The minimum absolute atomic E-state index is 0.00999. The van der Waals surface area contributed by atoms with Gasteiger partial charge < -0.3 is 10.5 Å². The Kier molecular flexibility index (Phi) is 7.67. The van der Waals surface area contributed by atoms with E-state index >= 15 is 0 Å². The van der Waals surface area contributed by atoms with Crippen molar-refractivity contribution in [3.05, 3.63) is 28.8 Å². The van der Waals surface area contributed by atoms with Gasteiger partial charge in [-0.05, 0) is 98.3 Å². The minimum atomic E-state index is -0.00999. The Hall–Kier alpha value is -1.06. The van der Waals surface area contributed by atoms with Crippen molar-refractivity contribution < 1.29 is 4.74 Å². The van der Waals surface area contributed by atoms with Gasteiger partial charge in [-0.15, -0.1) is 0 Å². The fourth-order valence-electron chi connectivity index (χ4n) is 6.52. The lowest BCUT2D eigenvalue weighted by Gasteiger charge is -2.49. The van der Waals surface area contributed by atoms with E-state index in [4.69, 9.17) is 10.5 Å². The third-order valence-corrected chi connectivity index (χ3v) is 9.84. The zero-order chi connectivity index (χ0) is 24.8. The molecule has 1 aromatic rings. The molecular weight excluding hydrogens is 404 g/mol. The van der Waals surface area contributed by atoms with Crippen LogP contribution >= 0.6 is 0 Å². The number of nitrogen functional groups attached to an aromatic ring is 1. The molecule has 3 nitrogen and oxygen atoms in total. The second-order valence-corrected chi connectivity index (χ2v) is 13.4. The smallest absolute Gasteiger partial charge is 0.0613 e. The van der Waals surface area contributed by atoms with Gasteiger partial charge in [0.05, 0.1) is 6.10 Å². The summed E-state index contributed by atoms with van der Waals surface area (Å²) in [6.45, 7) is 23.9. The lowest BCUT2D eigenvalue weighted by molar-refractivity contribution is -0.0624. The number of rotatable bonds is 5. The standard InChI is InChI=1S/C30H52N2O/c1-20-11-16-25(31)22(3)27(20)30(9)17-26(33-10)24(29(7,8)28(4,5)6)15-12-21(2)32(19-30)18-23-13-14-23/h11,16,21,23-24,26H,12-15,17-19,31H2,1-10H3. The average molecular weight is 457 g/mol. The largest absolute Gasteiger partial charge is 0.399 e. The summed E-state index contributed by atoms with van der Waals surface area (Å²) in [5.41, 5.74) is 11.8. The van der Waals surface area contributed by atoms with E-state index in [0.717, 1.165) is 24.6 Å². The highest BCUT2D eigenvalue weighted by atomic mass is 16.5. The highest BCUT2D eigenvalue weighted by Gasteiger charge is 2.48. The van der Waals surface area contributed by atoms with Gasteiger partial charge in [-0.25, -0.2) is 0 Å². The molecule has 4 atom stereocenters. The zero-order valence-electron chi connectivity index (χ0n) is 23.3. The first-order chi connectivity index (χ1) is 15.2. The van der Waals surface area contributed by atoms with Gasteiger partial charge in [0.2, 0.25) is 0 Å². The zero-order valence-corrected chi connectivity index (χ0v) is 23.3. The molecule has 2 N–H and O–H groups in total. The van der Waals surface area contributed by atoms with E-state index < -0.39 is 0 Å². The van der Waals surface area contributed by atoms with E-state index in [0.29, 0.717) is 12.0 Å². The van der Waals surface area contributed by atoms with E-state index in [-0.39, 0.29) is 22.3 Å². The Balaban J connectivity index is 2.13. The first kappa shape index (κ1) is 26.5. The number of methoxy groups -OCH3 is 1. The van der Waals surface area contributed by atoms with Crippen LogP contribution in [-0.4, -0.2) is 37.2 Å². The highest BCUT2D eigenvalue weighted by molar-refractivity contribution is 5.55. The lowest BCUT2D eigenvalue weighted by atomic mass is 9.58. The molecule has 1 saturated carbocycles. The molecular formula is C30H52N2O. The Morgan fingerprint density at radius 1 is 1.06 bits per heavy atom. The lowest BCUT2D eigenvalue weighted by Crippen LogP contribution is -2.48. The monoisotopic (exact) mass is 456 g/mol. The van der Waals surface area contributed by atoms with Crippen LogP contribution in [0.5, 0.6) is 0 Å². The summed E-state index contributed by atoms with van der Waals surface area (Å²) in [6.07, 6.45) is 6.51. The van der Waals surface area contributed by atoms with Crippen molar-refractivity contribution in [1.29, 1.82) is 0 Å². The van der Waals surface area contributed by atoms with Crippen LogP contribution in [0.3, 0.4) is 0 Å². The molecule has 4 unspecified atom stereocenters. The summed E-state index contributed by atoms with van der Waals surface area (Å²) in [4.78, 5) is 2.82. The van der Waals surface area contributed by atoms with Gasteiger partial charge in [-0.2, -0.15) is 0 Å². The van der Waals surface area contributed by atoms with Crippen LogP contribution in [0.25, 0.3) is 0 Å². The highest BCUT2D eigenvalue weighted by Crippen LogP contribution is 2.51. The predicted molar refractivity (Wildman–Crippen MR) is 143 cm³/mol. The molecule has 1 saturated heterocycles. The van der Waals surface area contributed by atoms with Gasteiger partial charge in [0.1, 0.15) is 0 Å². The van der Waals surface area contributed by atoms with E-state index in [1.807, 2.05) is 7.11 Å². The SMILES string of the molecule is COC1CC(C)(c2c(C)ccc(N)c2C)CN(CC2CC2)C(C)CCC1C(C)(C)C(C)(C)C. The van der Waals surface area contributed by atoms with E-state index in [2.05, 4.69) is 79.3 Å². The Morgan fingerprint density at radius 3 is 2.24 bits per heavy atom. The third-order valence-electron chi connectivity index (χ3n) is 9.84. The summed E-state index contributed by atoms with van der Waals surface area (Å²) < 4.78 is 6.42. The second kappa shape index (κ2) is 9.53. The molecule has 2 aliphatic rings. The molecule has 2 fully saturated rings. The normalized spacial score (nSPS) is 30.5. The Labute approximate surface area is 204 Å². The minimum Gasteiger partial charge on any atom is -0.399 e. The molecule has 1 aliphatic carbocycles. The number of anilines is 1. The molecule has 0 aromatic heterocycles. The molecule has 3 rings (SSSR count). The van der Waals surface area contributed by atoms with Crippen molar-refractivity contribution in [2.45, 2.75) is 112 Å². The third kappa shape index (κ3) is 5.45. The van der Waals surface area contributed by atoms with Gasteiger partial charge in [-0.1, -0.05) is 47.6 Å². The summed E-state index contributed by atoms with van der Waals surface area (Å²) in [5.74, 6) is 1.40. The van der Waals surface area contributed by atoms with Crippen molar-refractivity contribution in [2.75, 3.05) is 25.9 Å². The average Bonchev–Trinajstić information content (AvgIpc) is 3.51. The fourth-order valence-corrected chi connectivity index (χ4v) is 6.52. The van der Waals surface area contributed by atoms with Crippen LogP contribution in [-0.2, 0) is 10.2 Å². The number of ether oxygens (including phenoxy) is 1. The van der Waals surface area contributed by atoms with E-state index in [1.54, 1.807) is 0 Å². The molecule has 1 heterocycles. The fraction of sp³-hybridized carbons (Fsp3) is 0.800. The maximum absolute atomic E-state index is 6.48. The first-order valence-corrected chi connectivity index (χ1v) is 13.3. The number of hydrogen-bond donors (Lipinski definition) is 1. The van der Waals surface area contributed by atoms with Crippen molar-refractivity contribution in [1.82, 2.24) is 4.90 Å². The second-order valence-electron chi connectivity index (χ2n) is 13.4. The van der Waals surface area contributed by atoms with Gasteiger partial charge in [0.25, 0.3) is 0 Å². The first-order valence-electron chi connectivity index (χ1n) is 13.3. The number of nitrogens with zero attached hydrogens (tertiary/aromatic N) is 1. The molecule has 1 aromatic carbocycles. The van der Waals surface area contributed by atoms with Crippen molar-refractivity contribution >= 4 is 5.69 Å². The summed E-state index contributed by atoms with van der Waals surface area (Å²) >= 11 is 0. The van der Waals surface area contributed by atoms with Crippen LogP contribution < -0.4 is 5.73 Å². The maximum atomic E-state index is 6.48. The summed E-state index contributed by atoms with van der Waals surface area (Å²) in [7, 11) is 1.94. The molecule has 0 spiro atoms. The molecule has 0 radical (unpaired) electrons. The van der Waals surface area contributed by atoms with Crippen molar-refractivity contribution in [3.8, 4) is 0 Å². The number of hydrogen-bond acceptors (Lipinski definition) is 3. The maximum Gasteiger partial charge on any atom is 0.0613 e. The van der Waals surface area contributed by atoms with Gasteiger partial charge >= 0.3 is 0 Å². The van der Waals surface area contributed by atoms with Gasteiger partial charge in [0.15, 0.2) is 0 Å². The summed E-state index contributed by atoms with van der Waals surface area (Å²) in [6, 6.07) is 4.89. The molecule has 188 valence electrons. The Morgan fingerprint density at radius 2 is 1.70 bits per heavy atom. The van der Waals surface area contributed by atoms with E-state index in [9.17, 15) is 0 Å². The summed E-state index contributed by atoms with van der Waals surface area (Å²) in [5, 5.41) is 0. The Bertz CT molecular complexity index is 819. The number of nitrogens with two attached hydrogens (primary N) is 1.